The van der Waals surface area contributed by atoms with Gasteiger partial charge in [0.15, 0.2) is 0 Å². The molecule has 2 heterocycles. The Bertz CT molecular complexity index is 268. The second kappa shape index (κ2) is 4.32. The number of hydrogen-bond acceptors (Lipinski definition) is 3. The van der Waals surface area contributed by atoms with Crippen molar-refractivity contribution in [2.45, 2.75) is 25.0 Å². The maximum absolute atomic E-state index is 5.81. The van der Waals surface area contributed by atoms with Crippen LogP contribution in [0.4, 0.5) is 0 Å². The molecule has 0 aromatic carbocycles. The molecule has 70 valence electrons. The van der Waals surface area contributed by atoms with E-state index < -0.39 is 0 Å². The van der Waals surface area contributed by atoms with Gasteiger partial charge >= 0.3 is 0 Å². The van der Waals surface area contributed by atoms with Crippen molar-refractivity contribution in [1.29, 1.82) is 0 Å². The molecule has 4 heteroatoms. The van der Waals surface area contributed by atoms with Crippen LogP contribution in [0.25, 0.3) is 0 Å². The summed E-state index contributed by atoms with van der Waals surface area (Å²) < 4.78 is 6.88. The Balaban J connectivity index is 2.04. The first-order valence-electron chi connectivity index (χ1n) is 4.36. The van der Waals surface area contributed by atoms with Crippen molar-refractivity contribution in [2.24, 2.45) is 0 Å². The molecular formula is C9H11IN2O. The van der Waals surface area contributed by atoms with E-state index in [1.54, 1.807) is 6.33 Å². The molecular weight excluding hydrogens is 279 g/mol. The van der Waals surface area contributed by atoms with Crippen molar-refractivity contribution in [1.82, 2.24) is 9.97 Å². The standard InChI is InChI=1S/C9H11IN2O/c10-3-8-1-2-9(13-8)7-4-11-6-12-5-7/h4-6,8-9H,1-3H2. The SMILES string of the molecule is ICC1CCC(c2cncnc2)O1. The molecule has 1 saturated heterocycles. The fourth-order valence-electron chi connectivity index (χ4n) is 1.54. The first-order chi connectivity index (χ1) is 6.40. The number of rotatable bonds is 2. The van der Waals surface area contributed by atoms with E-state index in [9.17, 15) is 0 Å². The van der Waals surface area contributed by atoms with Gasteiger partial charge in [-0.05, 0) is 12.8 Å². The lowest BCUT2D eigenvalue weighted by molar-refractivity contribution is 0.0593. The summed E-state index contributed by atoms with van der Waals surface area (Å²) in [6, 6.07) is 0. The van der Waals surface area contributed by atoms with Gasteiger partial charge in [-0.2, -0.15) is 0 Å². The van der Waals surface area contributed by atoms with Gasteiger partial charge in [-0.25, -0.2) is 9.97 Å². The molecule has 1 aromatic heterocycles. The monoisotopic (exact) mass is 290 g/mol. The summed E-state index contributed by atoms with van der Waals surface area (Å²) in [5.41, 5.74) is 1.11. The lowest BCUT2D eigenvalue weighted by Crippen LogP contribution is -2.07. The molecule has 1 aliphatic rings. The fourth-order valence-corrected chi connectivity index (χ4v) is 2.19. The van der Waals surface area contributed by atoms with Crippen LogP contribution in [0, 0.1) is 0 Å². The van der Waals surface area contributed by atoms with Crippen LogP contribution < -0.4 is 0 Å². The second-order valence-corrected chi connectivity index (χ2v) is 4.03. The van der Waals surface area contributed by atoms with E-state index >= 15 is 0 Å². The highest BCUT2D eigenvalue weighted by molar-refractivity contribution is 14.1. The third-order valence-electron chi connectivity index (χ3n) is 2.23. The average Bonchev–Trinajstić information content (AvgIpc) is 2.67. The Kier molecular flexibility index (Phi) is 3.10. The minimum atomic E-state index is 0.223. The molecule has 1 aliphatic heterocycles. The molecule has 0 radical (unpaired) electrons. The highest BCUT2D eigenvalue weighted by atomic mass is 127. The van der Waals surface area contributed by atoms with Gasteiger partial charge < -0.3 is 4.74 Å². The first-order valence-corrected chi connectivity index (χ1v) is 5.89. The normalized spacial score (nSPS) is 27.8. The number of halogens is 1. The van der Waals surface area contributed by atoms with Crippen molar-refractivity contribution >= 4 is 22.6 Å². The Morgan fingerprint density at radius 1 is 1.38 bits per heavy atom. The molecule has 0 aliphatic carbocycles. The summed E-state index contributed by atoms with van der Waals surface area (Å²) in [5, 5.41) is 0. The van der Waals surface area contributed by atoms with Crippen LogP contribution in [0.3, 0.4) is 0 Å². The van der Waals surface area contributed by atoms with E-state index in [1.165, 1.54) is 0 Å². The zero-order chi connectivity index (χ0) is 9.10. The molecule has 2 unspecified atom stereocenters. The van der Waals surface area contributed by atoms with E-state index in [4.69, 9.17) is 4.74 Å². The van der Waals surface area contributed by atoms with Gasteiger partial charge in [0.2, 0.25) is 0 Å². The van der Waals surface area contributed by atoms with Crippen molar-refractivity contribution in [3.8, 4) is 0 Å². The van der Waals surface area contributed by atoms with Crippen LogP contribution in [-0.4, -0.2) is 20.5 Å². The van der Waals surface area contributed by atoms with Gasteiger partial charge in [0.1, 0.15) is 6.33 Å². The Morgan fingerprint density at radius 3 is 2.77 bits per heavy atom. The van der Waals surface area contributed by atoms with E-state index in [1.807, 2.05) is 12.4 Å². The minimum Gasteiger partial charge on any atom is -0.369 e. The number of nitrogens with zero attached hydrogens (tertiary/aromatic N) is 2. The number of ether oxygens (including phenoxy) is 1. The van der Waals surface area contributed by atoms with Crippen molar-refractivity contribution < 1.29 is 4.74 Å². The lowest BCUT2D eigenvalue weighted by atomic mass is 10.1. The number of hydrogen-bond donors (Lipinski definition) is 0. The topological polar surface area (TPSA) is 35.0 Å². The fraction of sp³-hybridized carbons (Fsp3) is 0.556. The zero-order valence-corrected chi connectivity index (χ0v) is 9.35. The first kappa shape index (κ1) is 9.33. The minimum absolute atomic E-state index is 0.223. The summed E-state index contributed by atoms with van der Waals surface area (Å²) in [4.78, 5) is 7.97. The molecule has 0 saturated carbocycles. The maximum atomic E-state index is 5.81. The van der Waals surface area contributed by atoms with E-state index in [-0.39, 0.29) is 6.10 Å². The summed E-state index contributed by atoms with van der Waals surface area (Å²) in [6.45, 7) is 0. The van der Waals surface area contributed by atoms with Gasteiger partial charge in [0.25, 0.3) is 0 Å². The number of aromatic nitrogens is 2. The predicted molar refractivity (Wildman–Crippen MR) is 57.8 cm³/mol. The Hall–Kier alpha value is -0.230. The van der Waals surface area contributed by atoms with Crippen LogP contribution in [0.15, 0.2) is 18.7 Å². The Morgan fingerprint density at radius 2 is 2.15 bits per heavy atom. The summed E-state index contributed by atoms with van der Waals surface area (Å²) in [6.07, 6.45) is 8.13. The molecule has 0 N–H and O–H groups in total. The third kappa shape index (κ3) is 2.17. The van der Waals surface area contributed by atoms with Crippen LogP contribution in [0.5, 0.6) is 0 Å². The highest BCUT2D eigenvalue weighted by Gasteiger charge is 2.25. The molecule has 0 spiro atoms. The van der Waals surface area contributed by atoms with Gasteiger partial charge in [0, 0.05) is 22.4 Å². The van der Waals surface area contributed by atoms with Gasteiger partial charge in [-0.1, -0.05) is 22.6 Å². The molecule has 0 bridgehead atoms. The van der Waals surface area contributed by atoms with Crippen molar-refractivity contribution in [3.63, 3.8) is 0 Å². The molecule has 13 heavy (non-hydrogen) atoms. The largest absolute Gasteiger partial charge is 0.369 e. The van der Waals surface area contributed by atoms with E-state index in [0.717, 1.165) is 22.8 Å². The van der Waals surface area contributed by atoms with Crippen LogP contribution in [0.2, 0.25) is 0 Å². The van der Waals surface area contributed by atoms with Crippen LogP contribution in [-0.2, 0) is 4.74 Å². The predicted octanol–water partition coefficient (Wildman–Crippen LogP) is 2.13. The summed E-state index contributed by atoms with van der Waals surface area (Å²) in [5.74, 6) is 0. The molecule has 1 fully saturated rings. The quantitative estimate of drug-likeness (QED) is 0.618. The highest BCUT2D eigenvalue weighted by Crippen LogP contribution is 2.32. The summed E-state index contributed by atoms with van der Waals surface area (Å²) in [7, 11) is 0. The molecule has 0 amide bonds. The summed E-state index contributed by atoms with van der Waals surface area (Å²) >= 11 is 2.36. The van der Waals surface area contributed by atoms with Crippen LogP contribution in [0.1, 0.15) is 24.5 Å². The Labute approximate surface area is 91.1 Å². The van der Waals surface area contributed by atoms with Gasteiger partial charge in [-0.15, -0.1) is 0 Å². The molecule has 1 aromatic rings. The van der Waals surface area contributed by atoms with Crippen molar-refractivity contribution in [3.05, 3.63) is 24.3 Å². The van der Waals surface area contributed by atoms with E-state index in [2.05, 4.69) is 32.6 Å². The maximum Gasteiger partial charge on any atom is 0.115 e. The molecule has 3 nitrogen and oxygen atoms in total. The zero-order valence-electron chi connectivity index (χ0n) is 7.19. The van der Waals surface area contributed by atoms with Gasteiger partial charge in [0.05, 0.1) is 12.2 Å². The third-order valence-corrected chi connectivity index (χ3v) is 3.21. The van der Waals surface area contributed by atoms with Gasteiger partial charge in [-0.3, -0.25) is 0 Å². The smallest absolute Gasteiger partial charge is 0.115 e. The molecule has 2 rings (SSSR count). The second-order valence-electron chi connectivity index (χ2n) is 3.15. The van der Waals surface area contributed by atoms with Crippen molar-refractivity contribution in [2.75, 3.05) is 4.43 Å². The lowest BCUT2D eigenvalue weighted by Gasteiger charge is -2.10. The number of alkyl halides is 1. The molecule has 2 atom stereocenters. The van der Waals surface area contributed by atoms with E-state index in [0.29, 0.717) is 6.10 Å². The van der Waals surface area contributed by atoms with Crippen LogP contribution >= 0.6 is 22.6 Å². The average molecular weight is 290 g/mol.